The van der Waals surface area contributed by atoms with Crippen LogP contribution in [0.15, 0.2) is 66.7 Å². The van der Waals surface area contributed by atoms with Gasteiger partial charge in [-0.05, 0) is 43.4 Å². The lowest BCUT2D eigenvalue weighted by molar-refractivity contribution is 0.0560. The predicted octanol–water partition coefficient (Wildman–Crippen LogP) is 5.73. The molecule has 0 radical (unpaired) electrons. The summed E-state index contributed by atoms with van der Waals surface area (Å²) in [7, 11) is 0. The largest absolute Gasteiger partial charge is 0.350 e. The number of hydrogen-bond acceptors (Lipinski definition) is 2. The number of aryl methyl sites for hydroxylation is 1. The Kier molecular flexibility index (Phi) is 4.23. The fourth-order valence-corrected chi connectivity index (χ4v) is 5.17. The van der Waals surface area contributed by atoms with E-state index < -0.39 is 0 Å². The van der Waals surface area contributed by atoms with Crippen molar-refractivity contribution in [1.82, 2.24) is 4.90 Å². The van der Waals surface area contributed by atoms with E-state index in [-0.39, 0.29) is 11.0 Å². The van der Waals surface area contributed by atoms with Crippen LogP contribution in [-0.4, -0.2) is 23.1 Å². The Labute approximate surface area is 164 Å². The topological polar surface area (TPSA) is 6.48 Å². The second-order valence-corrected chi connectivity index (χ2v) is 9.44. The van der Waals surface area contributed by atoms with Crippen LogP contribution in [-0.2, 0) is 5.54 Å². The summed E-state index contributed by atoms with van der Waals surface area (Å²) in [6.07, 6.45) is 5.19. The highest BCUT2D eigenvalue weighted by Gasteiger charge is 2.57. The Balaban J connectivity index is 1.87. The Bertz CT molecular complexity index is 848. The highest BCUT2D eigenvalue weighted by molar-refractivity contribution is 5.58. The molecule has 2 aliphatic rings. The molecule has 2 aliphatic heterocycles. The molecule has 4 rings (SSSR count). The third-order valence-electron chi connectivity index (χ3n) is 6.46. The van der Waals surface area contributed by atoms with Crippen LogP contribution in [0.2, 0.25) is 0 Å². The van der Waals surface area contributed by atoms with Gasteiger partial charge in [0.15, 0.2) is 0 Å². The minimum Gasteiger partial charge on any atom is -0.350 e. The summed E-state index contributed by atoms with van der Waals surface area (Å²) < 4.78 is 0. The zero-order valence-corrected chi connectivity index (χ0v) is 17.5. The Morgan fingerprint density at radius 2 is 1.56 bits per heavy atom. The third kappa shape index (κ3) is 2.73. The van der Waals surface area contributed by atoms with Gasteiger partial charge in [0, 0.05) is 11.7 Å². The number of para-hydroxylation sites is 1. The molecule has 2 aromatic rings. The normalized spacial score (nSPS) is 30.7. The molecule has 4 atom stereocenters. The maximum absolute atomic E-state index is 2.75. The van der Waals surface area contributed by atoms with E-state index in [1.165, 1.54) is 16.8 Å². The SMILES string of the molecule is Cc1ccccc1N1C(C(C)(C)C)N2C(C=CC2(C)c2ccccc2)[C@@H]1C. The molecule has 1 fully saturated rings. The van der Waals surface area contributed by atoms with Gasteiger partial charge in [0.1, 0.15) is 0 Å². The number of anilines is 1. The Morgan fingerprint density at radius 1 is 0.926 bits per heavy atom. The molecule has 0 amide bonds. The van der Waals surface area contributed by atoms with E-state index in [4.69, 9.17) is 0 Å². The molecule has 2 heteroatoms. The van der Waals surface area contributed by atoms with Crippen LogP contribution < -0.4 is 4.90 Å². The van der Waals surface area contributed by atoms with Gasteiger partial charge in [0.2, 0.25) is 0 Å². The average Bonchev–Trinajstić information content (AvgIpc) is 3.13. The highest BCUT2D eigenvalue weighted by atomic mass is 15.5. The quantitative estimate of drug-likeness (QED) is 0.631. The van der Waals surface area contributed by atoms with Crippen molar-refractivity contribution in [2.45, 2.75) is 65.3 Å². The van der Waals surface area contributed by atoms with E-state index in [2.05, 4.69) is 118 Å². The first kappa shape index (κ1) is 18.3. The summed E-state index contributed by atoms with van der Waals surface area (Å²) in [6, 6.07) is 20.6. The molecule has 0 spiro atoms. The van der Waals surface area contributed by atoms with E-state index in [1.54, 1.807) is 0 Å². The molecule has 2 nitrogen and oxygen atoms in total. The van der Waals surface area contributed by atoms with Crippen molar-refractivity contribution in [3.05, 3.63) is 77.9 Å². The van der Waals surface area contributed by atoms with Gasteiger partial charge in [0.05, 0.1) is 17.7 Å². The molecule has 0 N–H and O–H groups in total. The molecule has 0 aliphatic carbocycles. The monoisotopic (exact) mass is 360 g/mol. The molecule has 0 aromatic heterocycles. The van der Waals surface area contributed by atoms with Gasteiger partial charge < -0.3 is 4.90 Å². The van der Waals surface area contributed by atoms with Crippen LogP contribution in [0.4, 0.5) is 5.69 Å². The van der Waals surface area contributed by atoms with Crippen molar-refractivity contribution in [3.63, 3.8) is 0 Å². The lowest BCUT2D eigenvalue weighted by atomic mass is 9.85. The third-order valence-corrected chi connectivity index (χ3v) is 6.46. The smallest absolute Gasteiger partial charge is 0.0888 e. The van der Waals surface area contributed by atoms with Gasteiger partial charge in [0.25, 0.3) is 0 Å². The van der Waals surface area contributed by atoms with E-state index >= 15 is 0 Å². The molecule has 142 valence electrons. The molecule has 2 heterocycles. The van der Waals surface area contributed by atoms with Gasteiger partial charge in [-0.1, -0.05) is 81.5 Å². The lowest BCUT2D eigenvalue weighted by Crippen LogP contribution is -2.55. The summed E-state index contributed by atoms with van der Waals surface area (Å²) in [5, 5.41) is 0. The summed E-state index contributed by atoms with van der Waals surface area (Å²) in [4.78, 5) is 5.42. The molecule has 3 unspecified atom stereocenters. The van der Waals surface area contributed by atoms with Crippen LogP contribution in [0.5, 0.6) is 0 Å². The van der Waals surface area contributed by atoms with Gasteiger partial charge in [-0.3, -0.25) is 4.90 Å². The number of hydrogen-bond donors (Lipinski definition) is 0. The van der Waals surface area contributed by atoms with Crippen LogP contribution in [0.1, 0.15) is 45.7 Å². The number of rotatable bonds is 2. The molecular formula is C25H32N2. The van der Waals surface area contributed by atoms with Crippen molar-refractivity contribution in [1.29, 1.82) is 0 Å². The number of nitrogens with zero attached hydrogens (tertiary/aromatic N) is 2. The molecule has 0 bridgehead atoms. The fourth-order valence-electron chi connectivity index (χ4n) is 5.17. The predicted molar refractivity (Wildman–Crippen MR) is 115 cm³/mol. The minimum atomic E-state index is -0.0877. The van der Waals surface area contributed by atoms with E-state index in [9.17, 15) is 0 Å². The molecule has 1 saturated heterocycles. The zero-order valence-electron chi connectivity index (χ0n) is 17.5. The van der Waals surface area contributed by atoms with Crippen molar-refractivity contribution in [2.24, 2.45) is 5.41 Å². The van der Waals surface area contributed by atoms with Crippen LogP contribution in [0.25, 0.3) is 0 Å². The van der Waals surface area contributed by atoms with Crippen molar-refractivity contribution < 1.29 is 0 Å². The van der Waals surface area contributed by atoms with Crippen LogP contribution in [0, 0.1) is 12.3 Å². The van der Waals surface area contributed by atoms with E-state index in [0.29, 0.717) is 18.2 Å². The number of benzene rings is 2. The van der Waals surface area contributed by atoms with Gasteiger partial charge in [-0.2, -0.15) is 0 Å². The molecular weight excluding hydrogens is 328 g/mol. The highest BCUT2D eigenvalue weighted by Crippen LogP contribution is 2.51. The first-order valence-electron chi connectivity index (χ1n) is 10.1. The Morgan fingerprint density at radius 3 is 2.19 bits per heavy atom. The first-order valence-corrected chi connectivity index (χ1v) is 10.1. The van der Waals surface area contributed by atoms with Crippen molar-refractivity contribution >= 4 is 5.69 Å². The van der Waals surface area contributed by atoms with Gasteiger partial charge in [-0.15, -0.1) is 0 Å². The fraction of sp³-hybridized carbons (Fsp3) is 0.440. The lowest BCUT2D eigenvalue weighted by Gasteiger charge is -2.47. The molecule has 2 aromatic carbocycles. The maximum atomic E-state index is 2.75. The molecule has 27 heavy (non-hydrogen) atoms. The summed E-state index contributed by atoms with van der Waals surface area (Å²) >= 11 is 0. The van der Waals surface area contributed by atoms with Gasteiger partial charge >= 0.3 is 0 Å². The van der Waals surface area contributed by atoms with Crippen molar-refractivity contribution in [3.8, 4) is 0 Å². The first-order chi connectivity index (χ1) is 12.7. The standard InChI is InChI=1S/C25H32N2/c1-18-12-10-11-15-21(18)26-19(2)22-16-17-25(6,20-13-8-7-9-14-20)27(22)23(26)24(3,4)5/h7-17,19,22-23H,1-6H3/t19-,22?,23?,25?/m0/s1. The van der Waals surface area contributed by atoms with E-state index in [0.717, 1.165) is 0 Å². The minimum absolute atomic E-state index is 0.0877. The van der Waals surface area contributed by atoms with Gasteiger partial charge in [-0.25, -0.2) is 0 Å². The van der Waals surface area contributed by atoms with E-state index in [1.807, 2.05) is 0 Å². The Hall–Kier alpha value is -2.06. The van der Waals surface area contributed by atoms with Crippen LogP contribution >= 0.6 is 0 Å². The zero-order chi connectivity index (χ0) is 19.4. The second-order valence-electron chi connectivity index (χ2n) is 9.44. The summed E-state index contributed by atoms with van der Waals surface area (Å²) in [5.41, 5.74) is 4.12. The maximum Gasteiger partial charge on any atom is 0.0888 e. The summed E-state index contributed by atoms with van der Waals surface area (Å²) in [5.74, 6) is 0. The molecule has 0 saturated carbocycles. The number of fused-ring (bicyclic) bond motifs is 1. The second kappa shape index (κ2) is 6.24. The van der Waals surface area contributed by atoms with Crippen molar-refractivity contribution in [2.75, 3.05) is 4.90 Å². The van der Waals surface area contributed by atoms with Crippen LogP contribution in [0.3, 0.4) is 0 Å². The average molecular weight is 361 g/mol. The summed E-state index contributed by atoms with van der Waals surface area (Å²) in [6.45, 7) is 14.1.